The van der Waals surface area contributed by atoms with Crippen molar-refractivity contribution >= 4 is 37.5 Å². The lowest BCUT2D eigenvalue weighted by Gasteiger charge is -2.29. The molecule has 1 amide bonds. The molecule has 0 radical (unpaired) electrons. The van der Waals surface area contributed by atoms with Gasteiger partial charge in [0.15, 0.2) is 4.80 Å². The van der Waals surface area contributed by atoms with E-state index in [-0.39, 0.29) is 29.8 Å². The average Bonchev–Trinajstić information content (AvgIpc) is 3.15. The third-order valence-electron chi connectivity index (χ3n) is 5.96. The topological polar surface area (TPSA) is 81.0 Å². The lowest BCUT2D eigenvalue weighted by molar-refractivity contribution is -0.122. The van der Waals surface area contributed by atoms with E-state index in [1.807, 2.05) is 30.5 Å². The molecule has 1 aliphatic heterocycles. The Morgan fingerprint density at radius 2 is 1.88 bits per heavy atom. The van der Waals surface area contributed by atoms with Gasteiger partial charge in [-0.25, -0.2) is 12.8 Å². The van der Waals surface area contributed by atoms with Gasteiger partial charge in [-0.3, -0.25) is 4.79 Å². The predicted octanol–water partition coefficient (Wildman–Crippen LogP) is 3.72. The number of amides is 1. The van der Waals surface area contributed by atoms with Crippen LogP contribution in [0, 0.1) is 18.7 Å². The van der Waals surface area contributed by atoms with Crippen molar-refractivity contribution in [1.82, 2.24) is 8.87 Å². The van der Waals surface area contributed by atoms with E-state index in [0.29, 0.717) is 37.4 Å². The normalized spacial score (nSPS) is 16.4. The van der Waals surface area contributed by atoms with Crippen molar-refractivity contribution in [2.75, 3.05) is 26.3 Å². The zero-order chi connectivity index (χ0) is 24.3. The zero-order valence-electron chi connectivity index (χ0n) is 19.2. The monoisotopic (exact) mass is 505 g/mol. The number of benzene rings is 2. The van der Waals surface area contributed by atoms with Crippen molar-refractivity contribution in [3.8, 4) is 0 Å². The van der Waals surface area contributed by atoms with Gasteiger partial charge in [-0.05, 0) is 68.7 Å². The Morgan fingerprint density at radius 3 is 2.56 bits per heavy atom. The molecule has 1 fully saturated rings. The van der Waals surface area contributed by atoms with Gasteiger partial charge in [0, 0.05) is 32.2 Å². The second-order valence-electron chi connectivity index (χ2n) is 8.29. The second-order valence-corrected chi connectivity index (χ2v) is 11.2. The summed E-state index contributed by atoms with van der Waals surface area (Å²) in [7, 11) is -3.72. The number of thiazole rings is 1. The van der Waals surface area contributed by atoms with Gasteiger partial charge < -0.3 is 9.30 Å². The molecule has 10 heteroatoms. The van der Waals surface area contributed by atoms with Gasteiger partial charge in [0.2, 0.25) is 10.0 Å². The fourth-order valence-corrected chi connectivity index (χ4v) is 6.70. The SMILES string of the molecule is CCOCCn1c(=NC(=O)C2CCN(S(=O)(=O)c3ccc(F)cc3)CC2)sc2cc(C)ccc21. The van der Waals surface area contributed by atoms with Crippen LogP contribution in [0.25, 0.3) is 10.2 Å². The molecule has 2 aromatic carbocycles. The molecule has 0 unspecified atom stereocenters. The van der Waals surface area contributed by atoms with Crippen LogP contribution >= 0.6 is 11.3 Å². The van der Waals surface area contributed by atoms with Crippen LogP contribution in [0.2, 0.25) is 0 Å². The number of ether oxygens (including phenoxy) is 1. The highest BCUT2D eigenvalue weighted by molar-refractivity contribution is 7.89. The summed E-state index contributed by atoms with van der Waals surface area (Å²) in [5, 5.41) is 0. The quantitative estimate of drug-likeness (QED) is 0.459. The van der Waals surface area contributed by atoms with Crippen LogP contribution < -0.4 is 4.80 Å². The summed E-state index contributed by atoms with van der Waals surface area (Å²) in [5.74, 6) is -1.06. The number of aryl methyl sites for hydroxylation is 1. The Labute approximate surface area is 202 Å². The first-order chi connectivity index (χ1) is 16.3. The fraction of sp³-hybridized carbons (Fsp3) is 0.417. The van der Waals surface area contributed by atoms with Crippen LogP contribution in [0.1, 0.15) is 25.3 Å². The number of halogens is 1. The van der Waals surface area contributed by atoms with Crippen molar-refractivity contribution in [3.63, 3.8) is 0 Å². The number of carbonyl (C=O) groups is 1. The van der Waals surface area contributed by atoms with Gasteiger partial charge in [-0.1, -0.05) is 17.4 Å². The molecule has 3 aromatic rings. The molecule has 2 heterocycles. The number of piperidine rings is 1. The first kappa shape index (κ1) is 24.7. The molecular weight excluding hydrogens is 477 g/mol. The Balaban J connectivity index is 1.51. The summed E-state index contributed by atoms with van der Waals surface area (Å²) in [4.78, 5) is 18.2. The van der Waals surface area contributed by atoms with Gasteiger partial charge in [0.1, 0.15) is 5.82 Å². The Morgan fingerprint density at radius 1 is 1.18 bits per heavy atom. The lowest BCUT2D eigenvalue weighted by atomic mass is 9.98. The zero-order valence-corrected chi connectivity index (χ0v) is 20.9. The van der Waals surface area contributed by atoms with Gasteiger partial charge in [0.25, 0.3) is 5.91 Å². The van der Waals surface area contributed by atoms with E-state index < -0.39 is 15.8 Å². The smallest absolute Gasteiger partial charge is 0.251 e. The highest BCUT2D eigenvalue weighted by atomic mass is 32.2. The number of fused-ring (bicyclic) bond motifs is 1. The number of hydrogen-bond donors (Lipinski definition) is 0. The van der Waals surface area contributed by atoms with Crippen molar-refractivity contribution in [2.45, 2.75) is 38.1 Å². The van der Waals surface area contributed by atoms with Gasteiger partial charge in [0.05, 0.1) is 21.7 Å². The molecule has 0 bridgehead atoms. The van der Waals surface area contributed by atoms with E-state index in [2.05, 4.69) is 11.1 Å². The van der Waals surface area contributed by atoms with Crippen LogP contribution in [-0.2, 0) is 26.1 Å². The molecular formula is C24H28FN3O4S2. The molecule has 0 spiro atoms. The van der Waals surface area contributed by atoms with Crippen LogP contribution in [0.3, 0.4) is 0 Å². The second kappa shape index (κ2) is 10.5. The van der Waals surface area contributed by atoms with E-state index in [0.717, 1.165) is 27.9 Å². The number of sulfonamides is 1. The molecule has 4 rings (SSSR count). The summed E-state index contributed by atoms with van der Waals surface area (Å²) >= 11 is 1.47. The van der Waals surface area contributed by atoms with Crippen LogP contribution in [0.15, 0.2) is 52.4 Å². The summed E-state index contributed by atoms with van der Waals surface area (Å²) in [5.41, 5.74) is 2.15. The molecule has 1 aromatic heterocycles. The fourth-order valence-electron chi connectivity index (χ4n) is 4.07. The predicted molar refractivity (Wildman–Crippen MR) is 129 cm³/mol. The minimum atomic E-state index is -3.72. The molecule has 0 saturated carbocycles. The Kier molecular flexibility index (Phi) is 7.61. The lowest BCUT2D eigenvalue weighted by Crippen LogP contribution is -2.40. The highest BCUT2D eigenvalue weighted by Gasteiger charge is 2.32. The van der Waals surface area contributed by atoms with Gasteiger partial charge >= 0.3 is 0 Å². The summed E-state index contributed by atoms with van der Waals surface area (Å²) in [6.07, 6.45) is 0.789. The summed E-state index contributed by atoms with van der Waals surface area (Å²) in [6, 6.07) is 11.0. The van der Waals surface area contributed by atoms with Crippen LogP contribution in [-0.4, -0.2) is 49.5 Å². The van der Waals surface area contributed by atoms with E-state index in [1.165, 1.54) is 27.8 Å². The molecule has 34 heavy (non-hydrogen) atoms. The number of rotatable bonds is 7. The maximum absolute atomic E-state index is 13.2. The number of hydrogen-bond acceptors (Lipinski definition) is 5. The minimum absolute atomic E-state index is 0.0549. The summed E-state index contributed by atoms with van der Waals surface area (Å²) in [6.45, 7) is 6.15. The Hall–Kier alpha value is -2.40. The van der Waals surface area contributed by atoms with Crippen molar-refractivity contribution < 1.29 is 22.3 Å². The minimum Gasteiger partial charge on any atom is -0.380 e. The summed E-state index contributed by atoms with van der Waals surface area (Å²) < 4.78 is 48.8. The third kappa shape index (κ3) is 5.30. The standard InChI is InChI=1S/C24H28FN3O4S2/c1-3-32-15-14-28-21-9-4-17(2)16-22(21)33-24(28)26-23(29)18-10-12-27(13-11-18)34(30,31)20-7-5-19(25)6-8-20/h4-9,16,18H,3,10-15H2,1-2H3. The third-order valence-corrected chi connectivity index (χ3v) is 8.92. The van der Waals surface area contributed by atoms with Crippen LogP contribution in [0.4, 0.5) is 4.39 Å². The first-order valence-corrected chi connectivity index (χ1v) is 13.6. The molecule has 0 aliphatic carbocycles. The van der Waals surface area contributed by atoms with Crippen molar-refractivity contribution in [1.29, 1.82) is 0 Å². The molecule has 7 nitrogen and oxygen atoms in total. The molecule has 182 valence electrons. The van der Waals surface area contributed by atoms with E-state index >= 15 is 0 Å². The van der Waals surface area contributed by atoms with E-state index in [9.17, 15) is 17.6 Å². The number of carbonyl (C=O) groups excluding carboxylic acids is 1. The van der Waals surface area contributed by atoms with Gasteiger partial charge in [-0.15, -0.1) is 0 Å². The maximum Gasteiger partial charge on any atom is 0.251 e. The Bertz CT molecular complexity index is 1340. The van der Waals surface area contributed by atoms with Crippen molar-refractivity contribution in [3.05, 3.63) is 58.6 Å². The number of aromatic nitrogens is 1. The molecule has 0 atom stereocenters. The highest BCUT2D eigenvalue weighted by Crippen LogP contribution is 2.25. The van der Waals surface area contributed by atoms with Crippen molar-refractivity contribution in [2.24, 2.45) is 10.9 Å². The maximum atomic E-state index is 13.2. The van der Waals surface area contributed by atoms with E-state index in [1.54, 1.807) is 0 Å². The first-order valence-electron chi connectivity index (χ1n) is 11.3. The molecule has 1 saturated heterocycles. The molecule has 1 aliphatic rings. The molecule has 0 N–H and O–H groups in total. The largest absolute Gasteiger partial charge is 0.380 e. The van der Waals surface area contributed by atoms with Gasteiger partial charge in [-0.2, -0.15) is 9.30 Å². The number of nitrogens with zero attached hydrogens (tertiary/aromatic N) is 3. The van der Waals surface area contributed by atoms with E-state index in [4.69, 9.17) is 4.74 Å². The average molecular weight is 506 g/mol. The van der Waals surface area contributed by atoms with Crippen LogP contribution in [0.5, 0.6) is 0 Å².